The van der Waals surface area contributed by atoms with Crippen molar-refractivity contribution < 1.29 is 9.59 Å². The number of rotatable bonds is 2. The SMILES string of the molecule is O=C1c2ccccc2C(=O)N1c1ccc(-c2cn3ccsc3n2)cc1. The van der Waals surface area contributed by atoms with E-state index in [0.717, 1.165) is 16.2 Å². The van der Waals surface area contributed by atoms with E-state index in [1.165, 1.54) is 4.90 Å². The normalized spacial score (nSPS) is 13.7. The van der Waals surface area contributed by atoms with Crippen molar-refractivity contribution in [3.63, 3.8) is 0 Å². The zero-order valence-electron chi connectivity index (χ0n) is 12.9. The summed E-state index contributed by atoms with van der Waals surface area (Å²) in [6.07, 6.45) is 3.92. The molecule has 3 heterocycles. The smallest absolute Gasteiger partial charge is 0.266 e. The molecule has 0 N–H and O–H groups in total. The van der Waals surface area contributed by atoms with Gasteiger partial charge >= 0.3 is 0 Å². The van der Waals surface area contributed by atoms with Gasteiger partial charge in [0.05, 0.1) is 22.5 Å². The van der Waals surface area contributed by atoms with Gasteiger partial charge in [-0.15, -0.1) is 11.3 Å². The fourth-order valence-corrected chi connectivity index (χ4v) is 3.77. The maximum absolute atomic E-state index is 12.5. The van der Waals surface area contributed by atoms with Crippen molar-refractivity contribution in [1.82, 2.24) is 9.38 Å². The first-order valence-corrected chi connectivity index (χ1v) is 8.61. The third-order valence-electron chi connectivity index (χ3n) is 4.31. The van der Waals surface area contributed by atoms with Gasteiger partial charge in [-0.3, -0.25) is 14.0 Å². The molecule has 0 unspecified atom stereocenters. The number of imide groups is 1. The molecule has 4 aromatic rings. The molecule has 2 aromatic carbocycles. The number of nitrogens with zero attached hydrogens (tertiary/aromatic N) is 3. The number of thiazole rings is 1. The first-order valence-electron chi connectivity index (χ1n) is 7.73. The predicted octanol–water partition coefficient (Wildman–Crippen LogP) is 3.86. The van der Waals surface area contributed by atoms with Crippen molar-refractivity contribution in [2.45, 2.75) is 0 Å². The molecular formula is C19H11N3O2S. The van der Waals surface area contributed by atoms with E-state index < -0.39 is 0 Å². The zero-order valence-corrected chi connectivity index (χ0v) is 13.7. The van der Waals surface area contributed by atoms with Crippen LogP contribution in [-0.2, 0) is 0 Å². The molecule has 0 fully saturated rings. The van der Waals surface area contributed by atoms with Crippen LogP contribution in [0.25, 0.3) is 16.2 Å². The standard InChI is InChI=1S/C19H11N3O2S/c23-17-14-3-1-2-4-15(14)18(24)22(17)13-7-5-12(6-8-13)16-11-21-9-10-25-19(21)20-16/h1-11H. The number of hydrogen-bond donors (Lipinski definition) is 0. The molecule has 0 radical (unpaired) electrons. The Hall–Kier alpha value is -3.25. The number of carbonyl (C=O) groups excluding carboxylic acids is 2. The average Bonchev–Trinajstić information content (AvgIpc) is 3.30. The van der Waals surface area contributed by atoms with Crippen LogP contribution in [-0.4, -0.2) is 21.2 Å². The Bertz CT molecular complexity index is 1080. The van der Waals surface area contributed by atoms with Gasteiger partial charge in [-0.05, 0) is 24.3 Å². The van der Waals surface area contributed by atoms with Crippen LogP contribution >= 0.6 is 11.3 Å². The molecule has 0 saturated carbocycles. The van der Waals surface area contributed by atoms with Crippen LogP contribution in [0.1, 0.15) is 20.7 Å². The number of fused-ring (bicyclic) bond motifs is 2. The second-order valence-corrected chi connectivity index (χ2v) is 6.63. The van der Waals surface area contributed by atoms with Crippen molar-refractivity contribution in [3.05, 3.63) is 77.4 Å². The molecule has 0 atom stereocenters. The minimum atomic E-state index is -0.282. The first-order chi connectivity index (χ1) is 12.2. The van der Waals surface area contributed by atoms with Gasteiger partial charge < -0.3 is 0 Å². The van der Waals surface area contributed by atoms with Crippen LogP contribution < -0.4 is 4.90 Å². The summed E-state index contributed by atoms with van der Waals surface area (Å²) in [4.78, 5) is 31.8. The summed E-state index contributed by atoms with van der Waals surface area (Å²) in [6.45, 7) is 0. The lowest BCUT2D eigenvalue weighted by Crippen LogP contribution is -2.29. The third-order valence-corrected chi connectivity index (χ3v) is 5.08. The van der Waals surface area contributed by atoms with Crippen molar-refractivity contribution in [2.75, 3.05) is 4.90 Å². The van der Waals surface area contributed by atoms with E-state index in [0.29, 0.717) is 16.8 Å². The highest BCUT2D eigenvalue weighted by Gasteiger charge is 2.36. The Morgan fingerprint density at radius 2 is 1.56 bits per heavy atom. The highest BCUT2D eigenvalue weighted by Crippen LogP contribution is 2.30. The van der Waals surface area contributed by atoms with Gasteiger partial charge in [-0.25, -0.2) is 9.88 Å². The average molecular weight is 345 g/mol. The molecule has 0 bridgehead atoms. The molecule has 120 valence electrons. The maximum atomic E-state index is 12.5. The first kappa shape index (κ1) is 14.1. The molecule has 5 nitrogen and oxygen atoms in total. The largest absolute Gasteiger partial charge is 0.297 e. The van der Waals surface area contributed by atoms with Crippen molar-refractivity contribution in [3.8, 4) is 11.3 Å². The van der Waals surface area contributed by atoms with Gasteiger partial charge in [0, 0.05) is 23.3 Å². The van der Waals surface area contributed by atoms with E-state index in [-0.39, 0.29) is 11.8 Å². The van der Waals surface area contributed by atoms with Crippen LogP contribution in [0.15, 0.2) is 66.3 Å². The highest BCUT2D eigenvalue weighted by molar-refractivity contribution is 7.15. The second-order valence-electron chi connectivity index (χ2n) is 5.76. The lowest BCUT2D eigenvalue weighted by atomic mass is 10.1. The third kappa shape index (κ3) is 2.04. The molecular weight excluding hydrogens is 334 g/mol. The monoisotopic (exact) mass is 345 g/mol. The Balaban J connectivity index is 1.51. The van der Waals surface area contributed by atoms with E-state index in [9.17, 15) is 9.59 Å². The molecule has 25 heavy (non-hydrogen) atoms. The molecule has 0 saturated heterocycles. The molecule has 2 aromatic heterocycles. The van der Waals surface area contributed by atoms with E-state index in [1.54, 1.807) is 47.7 Å². The summed E-state index contributed by atoms with van der Waals surface area (Å²) in [7, 11) is 0. The van der Waals surface area contributed by atoms with Crippen LogP contribution in [0.5, 0.6) is 0 Å². The number of anilines is 1. The predicted molar refractivity (Wildman–Crippen MR) is 96.1 cm³/mol. The minimum absolute atomic E-state index is 0.282. The summed E-state index contributed by atoms with van der Waals surface area (Å²) in [5.74, 6) is -0.563. The molecule has 1 aliphatic heterocycles. The Kier molecular flexibility index (Phi) is 2.89. The molecule has 5 rings (SSSR count). The molecule has 1 aliphatic rings. The number of aromatic nitrogens is 2. The molecule has 6 heteroatoms. The van der Waals surface area contributed by atoms with Crippen LogP contribution in [0.2, 0.25) is 0 Å². The van der Waals surface area contributed by atoms with Crippen LogP contribution in [0.4, 0.5) is 5.69 Å². The summed E-state index contributed by atoms with van der Waals surface area (Å²) in [5.41, 5.74) is 3.27. The summed E-state index contributed by atoms with van der Waals surface area (Å²) < 4.78 is 1.97. The number of carbonyl (C=O) groups is 2. The number of amides is 2. The summed E-state index contributed by atoms with van der Waals surface area (Å²) in [5, 5.41) is 1.98. The lowest BCUT2D eigenvalue weighted by molar-refractivity contribution is 0.0926. The topological polar surface area (TPSA) is 54.7 Å². The van der Waals surface area contributed by atoms with Crippen molar-refractivity contribution >= 4 is 33.8 Å². The van der Waals surface area contributed by atoms with E-state index >= 15 is 0 Å². The lowest BCUT2D eigenvalue weighted by Gasteiger charge is -2.14. The maximum Gasteiger partial charge on any atom is 0.266 e. The molecule has 0 spiro atoms. The van der Waals surface area contributed by atoms with Gasteiger partial charge in [0.2, 0.25) is 0 Å². The Morgan fingerprint density at radius 1 is 0.880 bits per heavy atom. The van der Waals surface area contributed by atoms with Gasteiger partial charge in [0.25, 0.3) is 11.8 Å². The van der Waals surface area contributed by atoms with E-state index in [4.69, 9.17) is 0 Å². The molecule has 0 aliphatic carbocycles. The Morgan fingerprint density at radius 3 is 2.20 bits per heavy atom. The fourth-order valence-electron chi connectivity index (χ4n) is 3.07. The van der Waals surface area contributed by atoms with Crippen molar-refractivity contribution in [1.29, 1.82) is 0 Å². The van der Waals surface area contributed by atoms with E-state index in [1.807, 2.05) is 34.3 Å². The van der Waals surface area contributed by atoms with Gasteiger partial charge in [0.15, 0.2) is 4.96 Å². The number of imidazole rings is 1. The molecule has 2 amide bonds. The van der Waals surface area contributed by atoms with E-state index in [2.05, 4.69) is 4.98 Å². The zero-order chi connectivity index (χ0) is 17.0. The van der Waals surface area contributed by atoms with Crippen LogP contribution in [0.3, 0.4) is 0 Å². The fraction of sp³-hybridized carbons (Fsp3) is 0. The number of hydrogen-bond acceptors (Lipinski definition) is 4. The summed E-state index contributed by atoms with van der Waals surface area (Å²) >= 11 is 1.57. The van der Waals surface area contributed by atoms with Crippen LogP contribution in [0, 0.1) is 0 Å². The second kappa shape index (κ2) is 5.12. The minimum Gasteiger partial charge on any atom is -0.297 e. The number of benzene rings is 2. The quantitative estimate of drug-likeness (QED) is 0.518. The van der Waals surface area contributed by atoms with Gasteiger partial charge in [-0.1, -0.05) is 24.3 Å². The van der Waals surface area contributed by atoms with Gasteiger partial charge in [0.1, 0.15) is 0 Å². The Labute approximate surface area is 146 Å². The van der Waals surface area contributed by atoms with Gasteiger partial charge in [-0.2, -0.15) is 0 Å². The summed E-state index contributed by atoms with van der Waals surface area (Å²) in [6, 6.07) is 14.2. The van der Waals surface area contributed by atoms with Crippen molar-refractivity contribution in [2.24, 2.45) is 0 Å². The highest BCUT2D eigenvalue weighted by atomic mass is 32.1.